The van der Waals surface area contributed by atoms with Gasteiger partial charge in [-0.25, -0.2) is 0 Å². The quantitative estimate of drug-likeness (QED) is 0.359. The number of nitrogens with zero attached hydrogens (tertiary/aromatic N) is 1. The number of ether oxygens (including phenoxy) is 1. The number of aliphatic imine (C=N–C) groups is 1. The van der Waals surface area contributed by atoms with E-state index in [9.17, 15) is 4.79 Å². The van der Waals surface area contributed by atoms with Crippen LogP contribution in [0, 0.1) is 11.3 Å². The Morgan fingerprint density at radius 2 is 2.09 bits per heavy atom. The molecule has 1 heterocycles. The van der Waals surface area contributed by atoms with Crippen LogP contribution in [0.1, 0.15) is 34.1 Å². The molecule has 1 saturated heterocycles. The van der Waals surface area contributed by atoms with Crippen molar-refractivity contribution >= 4 is 35.8 Å². The minimum Gasteiger partial charge on any atom is -0.377 e. The molecule has 0 bridgehead atoms. The van der Waals surface area contributed by atoms with Crippen molar-refractivity contribution in [1.82, 2.24) is 16.0 Å². The van der Waals surface area contributed by atoms with Crippen LogP contribution >= 0.6 is 24.0 Å². The Labute approximate surface area is 150 Å². The summed E-state index contributed by atoms with van der Waals surface area (Å²) in [7, 11) is 1.73. The maximum Gasteiger partial charge on any atom is 0.239 e. The maximum atomic E-state index is 11.7. The van der Waals surface area contributed by atoms with Crippen LogP contribution in [0.4, 0.5) is 0 Å². The van der Waals surface area contributed by atoms with E-state index in [-0.39, 0.29) is 47.9 Å². The minimum atomic E-state index is -0.0251. The molecule has 3 unspecified atom stereocenters. The van der Waals surface area contributed by atoms with Gasteiger partial charge in [0.1, 0.15) is 0 Å². The first-order chi connectivity index (χ1) is 9.86. The summed E-state index contributed by atoms with van der Waals surface area (Å²) >= 11 is 0. The van der Waals surface area contributed by atoms with Crippen molar-refractivity contribution in [3.8, 4) is 0 Å². The Kier molecular flexibility index (Phi) is 6.91. The number of nitrogens with one attached hydrogen (secondary N) is 3. The molecule has 22 heavy (non-hydrogen) atoms. The topological polar surface area (TPSA) is 74.8 Å². The smallest absolute Gasteiger partial charge is 0.239 e. The molecule has 1 saturated carbocycles. The Morgan fingerprint density at radius 1 is 1.41 bits per heavy atom. The lowest BCUT2D eigenvalue weighted by Crippen LogP contribution is -2.68. The van der Waals surface area contributed by atoms with Gasteiger partial charge in [-0.15, -0.1) is 24.0 Å². The van der Waals surface area contributed by atoms with Crippen LogP contribution in [0.2, 0.25) is 0 Å². The van der Waals surface area contributed by atoms with Crippen molar-refractivity contribution in [3.05, 3.63) is 0 Å². The molecule has 1 amide bonds. The molecule has 0 spiro atoms. The van der Waals surface area contributed by atoms with Gasteiger partial charge in [0.2, 0.25) is 5.91 Å². The largest absolute Gasteiger partial charge is 0.377 e. The third kappa shape index (κ3) is 4.04. The van der Waals surface area contributed by atoms with Crippen molar-refractivity contribution < 1.29 is 9.53 Å². The van der Waals surface area contributed by atoms with Gasteiger partial charge in [-0.05, 0) is 20.3 Å². The first-order valence-corrected chi connectivity index (χ1v) is 7.74. The van der Waals surface area contributed by atoms with Crippen LogP contribution in [0.3, 0.4) is 0 Å². The van der Waals surface area contributed by atoms with E-state index in [2.05, 4.69) is 34.8 Å². The van der Waals surface area contributed by atoms with Crippen molar-refractivity contribution in [2.24, 2.45) is 16.3 Å². The van der Waals surface area contributed by atoms with Gasteiger partial charge in [0.15, 0.2) is 5.96 Å². The van der Waals surface area contributed by atoms with E-state index in [1.165, 1.54) is 0 Å². The predicted molar refractivity (Wildman–Crippen MR) is 98.6 cm³/mol. The highest BCUT2D eigenvalue weighted by atomic mass is 127. The van der Waals surface area contributed by atoms with E-state index in [1.807, 2.05) is 13.8 Å². The fourth-order valence-electron chi connectivity index (χ4n) is 3.50. The van der Waals surface area contributed by atoms with Crippen molar-refractivity contribution in [2.75, 3.05) is 20.2 Å². The van der Waals surface area contributed by atoms with Gasteiger partial charge in [-0.1, -0.05) is 13.8 Å². The molecule has 2 rings (SSSR count). The maximum absolute atomic E-state index is 11.7. The summed E-state index contributed by atoms with van der Waals surface area (Å²) < 4.78 is 5.79. The minimum absolute atomic E-state index is 0. The lowest BCUT2D eigenvalue weighted by molar-refractivity contribution is -0.120. The average Bonchev–Trinajstić information content (AvgIpc) is 2.84. The summed E-state index contributed by atoms with van der Waals surface area (Å²) in [6.45, 7) is 9.41. The van der Waals surface area contributed by atoms with E-state index in [1.54, 1.807) is 7.05 Å². The zero-order chi connectivity index (χ0) is 15.6. The Balaban J connectivity index is 0.00000242. The summed E-state index contributed by atoms with van der Waals surface area (Å²) in [6.07, 6.45) is 1.44. The number of fused-ring (bicyclic) bond motifs is 1. The molecule has 128 valence electrons. The third-order valence-electron chi connectivity index (χ3n) is 4.48. The van der Waals surface area contributed by atoms with Gasteiger partial charge < -0.3 is 20.7 Å². The van der Waals surface area contributed by atoms with Gasteiger partial charge >= 0.3 is 0 Å². The zero-order valence-corrected chi connectivity index (χ0v) is 16.4. The average molecular weight is 424 g/mol. The van der Waals surface area contributed by atoms with Crippen LogP contribution in [0.5, 0.6) is 0 Å². The summed E-state index contributed by atoms with van der Waals surface area (Å²) in [6, 6.07) is 0.487. The second kappa shape index (κ2) is 7.81. The van der Waals surface area contributed by atoms with E-state index >= 15 is 0 Å². The van der Waals surface area contributed by atoms with E-state index < -0.39 is 0 Å². The zero-order valence-electron chi connectivity index (χ0n) is 14.1. The van der Waals surface area contributed by atoms with Gasteiger partial charge in [0.25, 0.3) is 0 Å². The van der Waals surface area contributed by atoms with Gasteiger partial charge in [0, 0.05) is 37.1 Å². The predicted octanol–water partition coefficient (Wildman–Crippen LogP) is 1.11. The molecular formula is C15H29IN4O2. The van der Waals surface area contributed by atoms with Crippen LogP contribution < -0.4 is 16.0 Å². The molecule has 1 aliphatic carbocycles. The molecule has 0 radical (unpaired) electrons. The molecule has 3 N–H and O–H groups in total. The number of carbonyl (C=O) groups is 1. The van der Waals surface area contributed by atoms with Gasteiger partial charge in [0.05, 0.1) is 12.6 Å². The van der Waals surface area contributed by atoms with Crippen LogP contribution in [-0.4, -0.2) is 50.3 Å². The van der Waals surface area contributed by atoms with E-state index in [4.69, 9.17) is 4.74 Å². The lowest BCUT2D eigenvalue weighted by Gasteiger charge is -2.54. The number of carbonyl (C=O) groups excluding carboxylic acids is 1. The molecule has 7 heteroatoms. The SMILES string of the molecule is CN=C(NCC(=O)NC(C)C)NC1C2CCOC2C1(C)C.I. The Morgan fingerprint density at radius 3 is 2.68 bits per heavy atom. The second-order valence-electron chi connectivity index (χ2n) is 6.84. The van der Waals surface area contributed by atoms with E-state index in [0.717, 1.165) is 13.0 Å². The number of amides is 1. The number of hydrogen-bond acceptors (Lipinski definition) is 3. The Hall–Kier alpha value is -0.570. The molecule has 0 aromatic carbocycles. The molecular weight excluding hydrogens is 395 g/mol. The van der Waals surface area contributed by atoms with Crippen molar-refractivity contribution in [1.29, 1.82) is 0 Å². The summed E-state index contributed by atoms with van der Waals surface area (Å²) in [5.41, 5.74) is 0.0962. The van der Waals surface area contributed by atoms with Crippen molar-refractivity contribution in [2.45, 2.75) is 52.3 Å². The normalized spacial score (nSPS) is 29.2. The number of halogens is 1. The van der Waals surface area contributed by atoms with Crippen LogP contribution in [-0.2, 0) is 9.53 Å². The molecule has 3 atom stereocenters. The lowest BCUT2D eigenvalue weighted by atomic mass is 9.57. The fourth-order valence-corrected chi connectivity index (χ4v) is 3.50. The first-order valence-electron chi connectivity index (χ1n) is 7.74. The number of rotatable bonds is 4. The van der Waals surface area contributed by atoms with Crippen molar-refractivity contribution in [3.63, 3.8) is 0 Å². The summed E-state index contributed by atoms with van der Waals surface area (Å²) in [5, 5.41) is 9.38. The molecule has 0 aromatic heterocycles. The summed E-state index contributed by atoms with van der Waals surface area (Å²) in [4.78, 5) is 15.9. The molecule has 0 aromatic rings. The monoisotopic (exact) mass is 424 g/mol. The highest BCUT2D eigenvalue weighted by Gasteiger charge is 2.59. The number of hydrogen-bond donors (Lipinski definition) is 3. The highest BCUT2D eigenvalue weighted by molar-refractivity contribution is 14.0. The standard InChI is InChI=1S/C15H28N4O2.HI/c1-9(2)18-11(20)8-17-14(16-5)19-12-10-6-7-21-13(10)15(12,3)4;/h9-10,12-13H,6-8H2,1-5H3,(H,18,20)(H2,16,17,19);1H. The first kappa shape index (κ1) is 19.5. The molecule has 6 nitrogen and oxygen atoms in total. The summed E-state index contributed by atoms with van der Waals surface area (Å²) in [5.74, 6) is 1.20. The second-order valence-corrected chi connectivity index (χ2v) is 6.84. The fraction of sp³-hybridized carbons (Fsp3) is 0.867. The Bertz CT molecular complexity index is 426. The van der Waals surface area contributed by atoms with E-state index in [0.29, 0.717) is 24.0 Å². The van der Waals surface area contributed by atoms with Gasteiger partial charge in [-0.2, -0.15) is 0 Å². The van der Waals surface area contributed by atoms with Gasteiger partial charge in [-0.3, -0.25) is 9.79 Å². The number of guanidine groups is 1. The molecule has 2 fully saturated rings. The van der Waals surface area contributed by atoms with Crippen LogP contribution in [0.15, 0.2) is 4.99 Å². The molecule has 2 aliphatic rings. The highest BCUT2D eigenvalue weighted by Crippen LogP contribution is 2.51. The molecule has 1 aliphatic heterocycles. The third-order valence-corrected chi connectivity index (χ3v) is 4.48. The van der Waals surface area contributed by atoms with Crippen LogP contribution in [0.25, 0.3) is 0 Å².